The van der Waals surface area contributed by atoms with Gasteiger partial charge in [0.25, 0.3) is 11.8 Å². The number of hydrogen-bond donors (Lipinski definition) is 2. The van der Waals surface area contributed by atoms with E-state index in [1.165, 1.54) is 12.1 Å². The van der Waals surface area contributed by atoms with E-state index in [1.54, 1.807) is 38.0 Å². The van der Waals surface area contributed by atoms with Gasteiger partial charge in [0, 0.05) is 63.3 Å². The molecular formula is C29H38F2N6O6S. The normalized spacial score (nSPS) is 22.6. The van der Waals surface area contributed by atoms with Gasteiger partial charge in [0.05, 0.1) is 30.2 Å². The van der Waals surface area contributed by atoms with Gasteiger partial charge in [0.15, 0.2) is 5.75 Å². The third kappa shape index (κ3) is 7.37. The van der Waals surface area contributed by atoms with Gasteiger partial charge in [-0.2, -0.15) is 4.98 Å². The van der Waals surface area contributed by atoms with E-state index in [9.17, 15) is 26.8 Å². The van der Waals surface area contributed by atoms with E-state index in [2.05, 4.69) is 24.9 Å². The van der Waals surface area contributed by atoms with Gasteiger partial charge >= 0.3 is 5.97 Å². The van der Waals surface area contributed by atoms with Crippen LogP contribution in [0.15, 0.2) is 24.3 Å². The molecule has 2 atom stereocenters. The van der Waals surface area contributed by atoms with E-state index in [0.29, 0.717) is 42.6 Å². The van der Waals surface area contributed by atoms with Crippen LogP contribution in [0, 0.1) is 18.3 Å². The average molecular weight is 637 g/mol. The summed E-state index contributed by atoms with van der Waals surface area (Å²) in [4.78, 5) is 38.1. The highest BCUT2D eigenvalue weighted by Gasteiger charge is 2.56. The molecule has 2 N–H and O–H groups in total. The Morgan fingerprint density at radius 1 is 1.09 bits per heavy atom. The van der Waals surface area contributed by atoms with Crippen LogP contribution >= 0.6 is 0 Å². The molecule has 2 aliphatic heterocycles. The van der Waals surface area contributed by atoms with Gasteiger partial charge < -0.3 is 24.6 Å². The van der Waals surface area contributed by atoms with Gasteiger partial charge in [0.1, 0.15) is 5.82 Å². The summed E-state index contributed by atoms with van der Waals surface area (Å²) in [6, 6.07) is 6.18. The predicted octanol–water partition coefficient (Wildman–Crippen LogP) is 3.44. The van der Waals surface area contributed by atoms with Crippen molar-refractivity contribution >= 4 is 45.0 Å². The highest BCUT2D eigenvalue weighted by molar-refractivity contribution is 7.93. The molecule has 1 saturated carbocycles. The molecule has 3 heterocycles. The molecular weight excluding hydrogens is 598 g/mol. The molecule has 2 saturated heterocycles. The number of aromatic nitrogens is 2. The number of anilines is 4. The van der Waals surface area contributed by atoms with E-state index in [0.717, 1.165) is 12.8 Å². The Bertz CT molecular complexity index is 1520. The Labute approximate surface area is 255 Å². The number of fused-ring (bicyclic) bond motifs is 1. The van der Waals surface area contributed by atoms with Crippen LogP contribution in [-0.2, 0) is 24.3 Å². The van der Waals surface area contributed by atoms with Crippen molar-refractivity contribution < 1.29 is 36.3 Å². The monoisotopic (exact) mass is 636 g/mol. The first-order chi connectivity index (χ1) is 20.8. The number of carbonyl (C=O) groups excluding carboxylic acids is 2. The van der Waals surface area contributed by atoms with Crippen molar-refractivity contribution in [3.63, 3.8) is 0 Å². The number of amides is 1. The molecule has 1 aromatic heterocycles. The highest BCUT2D eigenvalue weighted by atomic mass is 32.2. The van der Waals surface area contributed by atoms with E-state index in [-0.39, 0.29) is 55.4 Å². The van der Waals surface area contributed by atoms with Crippen molar-refractivity contribution in [2.45, 2.75) is 45.5 Å². The number of sulfonamides is 1. The predicted molar refractivity (Wildman–Crippen MR) is 161 cm³/mol. The van der Waals surface area contributed by atoms with E-state index in [1.807, 2.05) is 0 Å². The largest absolute Gasteiger partial charge is 0.465 e. The quantitative estimate of drug-likeness (QED) is 0.352. The van der Waals surface area contributed by atoms with E-state index in [4.69, 9.17) is 9.47 Å². The maximum atomic E-state index is 13.7. The van der Waals surface area contributed by atoms with Crippen LogP contribution < -0.4 is 19.8 Å². The molecule has 1 amide bonds. The Morgan fingerprint density at radius 2 is 1.82 bits per heavy atom. The number of esters is 1. The van der Waals surface area contributed by atoms with Crippen molar-refractivity contribution in [2.24, 2.45) is 11.3 Å². The number of halogens is 2. The van der Waals surface area contributed by atoms with Gasteiger partial charge in [-0.1, -0.05) is 0 Å². The molecule has 3 aliphatic rings. The fourth-order valence-electron chi connectivity index (χ4n) is 6.06. The molecule has 1 unspecified atom stereocenters. The van der Waals surface area contributed by atoms with Crippen LogP contribution in [-0.4, -0.2) is 88.4 Å². The highest BCUT2D eigenvalue weighted by Crippen LogP contribution is 2.58. The van der Waals surface area contributed by atoms with Crippen LogP contribution in [0.5, 0.6) is 0 Å². The minimum absolute atomic E-state index is 0.0598. The zero-order valence-electron chi connectivity index (χ0n) is 25.1. The first kappa shape index (κ1) is 31.8. The lowest BCUT2D eigenvalue weighted by Crippen LogP contribution is -2.40. The molecule has 15 heteroatoms. The second-order valence-corrected chi connectivity index (χ2v) is 13.5. The number of methoxy groups -OCH3 is 1. The van der Waals surface area contributed by atoms with Gasteiger partial charge in [-0.25, -0.2) is 22.2 Å². The summed E-state index contributed by atoms with van der Waals surface area (Å²) in [5.41, 5.74) is 1.72. The number of ether oxygens (including phenoxy) is 2. The maximum absolute atomic E-state index is 13.7. The maximum Gasteiger partial charge on any atom is 0.323 e. The smallest absolute Gasteiger partial charge is 0.323 e. The minimum Gasteiger partial charge on any atom is -0.465 e. The summed E-state index contributed by atoms with van der Waals surface area (Å²) in [6.07, 6.45) is 1.27. The van der Waals surface area contributed by atoms with E-state index < -0.39 is 33.6 Å². The Hall–Kier alpha value is -3.59. The average Bonchev–Trinajstić information content (AvgIpc) is 3.65. The van der Waals surface area contributed by atoms with Gasteiger partial charge in [-0.05, 0) is 50.8 Å². The molecule has 2 aromatic rings. The third-order valence-electron chi connectivity index (χ3n) is 8.44. The van der Waals surface area contributed by atoms with Crippen LogP contribution in [0.3, 0.4) is 0 Å². The number of aryl methyl sites for hydroxylation is 1. The third-order valence-corrected chi connectivity index (χ3v) is 9.60. The first-order valence-corrected chi connectivity index (χ1v) is 16.3. The summed E-state index contributed by atoms with van der Waals surface area (Å²) in [7, 11) is -2.38. The van der Waals surface area contributed by atoms with Crippen molar-refractivity contribution in [1.82, 2.24) is 9.97 Å². The molecule has 1 aliphatic carbocycles. The summed E-state index contributed by atoms with van der Waals surface area (Å²) in [5.74, 6) is -4.03. The lowest BCUT2D eigenvalue weighted by molar-refractivity contribution is -0.139. The summed E-state index contributed by atoms with van der Waals surface area (Å²) in [5, 5.41) is 2.82. The van der Waals surface area contributed by atoms with Gasteiger partial charge in [-0.3, -0.25) is 14.3 Å². The zero-order valence-corrected chi connectivity index (χ0v) is 25.9. The van der Waals surface area contributed by atoms with Crippen molar-refractivity contribution in [2.75, 3.05) is 72.1 Å². The first-order valence-electron chi connectivity index (χ1n) is 14.7. The number of carbonyl (C=O) groups is 2. The Morgan fingerprint density at radius 3 is 2.50 bits per heavy atom. The van der Waals surface area contributed by atoms with Gasteiger partial charge in [-0.15, -0.1) is 0 Å². The SMILES string of the molecule is CCOC(=O)CS(=O)(=O)Nc1ccc(C(=O)Nc2cc(C)nc(N3CCC(F)(F)CC3)n2)c(N2CC[C@@]3(COC)CC3C2)c1. The van der Waals surface area contributed by atoms with Crippen molar-refractivity contribution in [1.29, 1.82) is 0 Å². The number of hydrogen-bond acceptors (Lipinski definition) is 10. The number of rotatable bonds is 11. The molecule has 0 radical (unpaired) electrons. The molecule has 0 bridgehead atoms. The number of nitrogens with one attached hydrogen (secondary N) is 2. The molecule has 1 aromatic carbocycles. The molecule has 44 heavy (non-hydrogen) atoms. The fraction of sp³-hybridized carbons (Fsp3) is 0.586. The van der Waals surface area contributed by atoms with Crippen LogP contribution in [0.2, 0.25) is 0 Å². The standard InChI is InChI=1S/C29H38F2N6O6S/c1-4-43-25(38)17-44(40,41)35-21-5-6-22(23(14-21)37-10-7-28(18-42-3)15-20(28)16-37)26(39)33-24-13-19(2)32-27(34-24)36-11-8-29(30,31)9-12-36/h5-6,13-14,20,35H,4,7-12,15-18H2,1-3H3,(H,32,33,34,39)/t20?,28-/m0/s1. The van der Waals surface area contributed by atoms with Crippen LogP contribution in [0.25, 0.3) is 0 Å². The number of alkyl halides is 2. The van der Waals surface area contributed by atoms with Crippen molar-refractivity contribution in [3.8, 4) is 0 Å². The Balaban J connectivity index is 1.39. The number of piperidine rings is 2. The minimum atomic E-state index is -4.06. The molecule has 5 rings (SSSR count). The second-order valence-electron chi connectivity index (χ2n) is 11.8. The zero-order chi connectivity index (χ0) is 31.7. The summed E-state index contributed by atoms with van der Waals surface area (Å²) >= 11 is 0. The van der Waals surface area contributed by atoms with Crippen LogP contribution in [0.1, 0.15) is 48.7 Å². The van der Waals surface area contributed by atoms with Crippen molar-refractivity contribution in [3.05, 3.63) is 35.5 Å². The van der Waals surface area contributed by atoms with Crippen LogP contribution in [0.4, 0.5) is 31.9 Å². The van der Waals surface area contributed by atoms with E-state index >= 15 is 0 Å². The fourth-order valence-corrected chi connectivity index (χ4v) is 7.02. The Kier molecular flexibility index (Phi) is 8.99. The second kappa shape index (κ2) is 12.4. The lowest BCUT2D eigenvalue weighted by Gasteiger charge is -2.34. The lowest BCUT2D eigenvalue weighted by atomic mass is 9.95. The number of nitrogens with zero attached hydrogens (tertiary/aromatic N) is 4. The topological polar surface area (TPSA) is 143 Å². The molecule has 240 valence electrons. The molecule has 3 fully saturated rings. The molecule has 12 nitrogen and oxygen atoms in total. The summed E-state index contributed by atoms with van der Waals surface area (Å²) < 4.78 is 65.4. The van der Waals surface area contributed by atoms with Gasteiger partial charge in [0.2, 0.25) is 16.0 Å². The molecule has 0 spiro atoms. The number of benzene rings is 1. The summed E-state index contributed by atoms with van der Waals surface area (Å²) in [6.45, 7) is 5.55.